The van der Waals surface area contributed by atoms with Crippen LogP contribution in [0.3, 0.4) is 0 Å². The van der Waals surface area contributed by atoms with E-state index >= 15 is 0 Å². The van der Waals surface area contributed by atoms with Gasteiger partial charge in [0.25, 0.3) is 5.91 Å². The fraction of sp³-hybridized carbons (Fsp3) is 0.455. The van der Waals surface area contributed by atoms with Crippen LogP contribution in [0.4, 0.5) is 5.69 Å². The number of nitro groups is 1. The van der Waals surface area contributed by atoms with Gasteiger partial charge in [-0.25, -0.2) is 4.98 Å². The minimum atomic E-state index is -0.699. The SMILES string of the molecule is CSCC(C)CNC(=O)c1ccnc(Cl)c1[N+](=O)[O-]. The first-order valence-corrected chi connectivity index (χ1v) is 7.30. The molecule has 1 amide bonds. The van der Waals surface area contributed by atoms with Crippen molar-refractivity contribution in [3.8, 4) is 0 Å². The number of amides is 1. The topological polar surface area (TPSA) is 85.1 Å². The van der Waals surface area contributed by atoms with Crippen molar-refractivity contribution in [1.29, 1.82) is 0 Å². The molecular formula is C11H14ClN3O3S. The monoisotopic (exact) mass is 303 g/mol. The van der Waals surface area contributed by atoms with Gasteiger partial charge < -0.3 is 5.32 Å². The van der Waals surface area contributed by atoms with E-state index in [1.54, 1.807) is 11.8 Å². The number of nitrogens with one attached hydrogen (secondary N) is 1. The molecule has 1 unspecified atom stereocenters. The number of hydrogen-bond acceptors (Lipinski definition) is 5. The molecule has 1 aromatic heterocycles. The molecule has 0 aromatic carbocycles. The fourth-order valence-corrected chi connectivity index (χ4v) is 2.40. The maximum absolute atomic E-state index is 11.9. The smallest absolute Gasteiger partial charge is 0.319 e. The average molecular weight is 304 g/mol. The van der Waals surface area contributed by atoms with Gasteiger partial charge in [0.1, 0.15) is 5.56 Å². The third-order valence-electron chi connectivity index (χ3n) is 2.37. The summed E-state index contributed by atoms with van der Waals surface area (Å²) in [6.45, 7) is 2.45. The van der Waals surface area contributed by atoms with Gasteiger partial charge in [0.05, 0.1) is 4.92 Å². The maximum Gasteiger partial charge on any atom is 0.319 e. The molecule has 1 rings (SSSR count). The largest absolute Gasteiger partial charge is 0.352 e. The molecule has 0 spiro atoms. The van der Waals surface area contributed by atoms with Crippen LogP contribution in [0.5, 0.6) is 0 Å². The van der Waals surface area contributed by atoms with E-state index in [1.807, 2.05) is 13.2 Å². The lowest BCUT2D eigenvalue weighted by atomic mass is 10.2. The molecule has 0 saturated carbocycles. The van der Waals surface area contributed by atoms with Crippen molar-refractivity contribution in [1.82, 2.24) is 10.3 Å². The van der Waals surface area contributed by atoms with E-state index in [2.05, 4.69) is 10.3 Å². The summed E-state index contributed by atoms with van der Waals surface area (Å²) in [5, 5.41) is 13.3. The molecule has 6 nitrogen and oxygen atoms in total. The van der Waals surface area contributed by atoms with E-state index in [4.69, 9.17) is 11.6 Å². The van der Waals surface area contributed by atoms with Crippen molar-refractivity contribution >= 4 is 35.0 Å². The lowest BCUT2D eigenvalue weighted by molar-refractivity contribution is -0.385. The van der Waals surface area contributed by atoms with Gasteiger partial charge in [0.2, 0.25) is 5.15 Å². The van der Waals surface area contributed by atoms with Gasteiger partial charge in [-0.05, 0) is 24.0 Å². The van der Waals surface area contributed by atoms with E-state index in [9.17, 15) is 14.9 Å². The van der Waals surface area contributed by atoms with Crippen LogP contribution in [0.25, 0.3) is 0 Å². The second-order valence-electron chi connectivity index (χ2n) is 4.03. The first-order valence-electron chi connectivity index (χ1n) is 5.53. The summed E-state index contributed by atoms with van der Waals surface area (Å²) in [6.07, 6.45) is 3.25. The van der Waals surface area contributed by atoms with Crippen molar-refractivity contribution in [2.24, 2.45) is 5.92 Å². The van der Waals surface area contributed by atoms with Gasteiger partial charge in [-0.2, -0.15) is 11.8 Å². The predicted octanol–water partition coefficient (Wildman–Crippen LogP) is 2.37. The Labute approximate surface area is 120 Å². The first kappa shape index (κ1) is 15.7. The second-order valence-corrected chi connectivity index (χ2v) is 5.29. The third kappa shape index (κ3) is 4.36. The van der Waals surface area contributed by atoms with Crippen molar-refractivity contribution in [2.75, 3.05) is 18.6 Å². The molecule has 0 saturated heterocycles. The van der Waals surface area contributed by atoms with Crippen LogP contribution >= 0.6 is 23.4 Å². The molecule has 0 radical (unpaired) electrons. The standard InChI is InChI=1S/C11H14ClN3O3S/c1-7(6-19-2)5-14-11(16)8-3-4-13-10(12)9(8)15(17)18/h3-4,7H,5-6H2,1-2H3,(H,14,16). The zero-order valence-electron chi connectivity index (χ0n) is 10.6. The van der Waals surface area contributed by atoms with Crippen molar-refractivity contribution in [2.45, 2.75) is 6.92 Å². The molecule has 0 aliphatic carbocycles. The number of carbonyl (C=O) groups excluding carboxylic acids is 1. The average Bonchev–Trinajstić information content (AvgIpc) is 2.35. The van der Waals surface area contributed by atoms with Crippen LogP contribution < -0.4 is 5.32 Å². The van der Waals surface area contributed by atoms with Crippen molar-refractivity contribution in [3.05, 3.63) is 33.1 Å². The maximum atomic E-state index is 11.9. The predicted molar refractivity (Wildman–Crippen MR) is 75.8 cm³/mol. The molecule has 1 atom stereocenters. The number of rotatable bonds is 6. The van der Waals surface area contributed by atoms with E-state index in [0.717, 1.165) is 5.75 Å². The number of carbonyl (C=O) groups is 1. The lowest BCUT2D eigenvalue weighted by Gasteiger charge is -2.11. The summed E-state index contributed by atoms with van der Waals surface area (Å²) in [5.74, 6) is 0.679. The zero-order valence-corrected chi connectivity index (χ0v) is 12.1. The fourth-order valence-electron chi connectivity index (χ4n) is 1.49. The van der Waals surface area contributed by atoms with Gasteiger partial charge in [-0.1, -0.05) is 18.5 Å². The molecule has 1 N–H and O–H groups in total. The summed E-state index contributed by atoms with van der Waals surface area (Å²) >= 11 is 7.32. The Morgan fingerprint density at radius 2 is 2.37 bits per heavy atom. The Morgan fingerprint density at radius 1 is 1.68 bits per heavy atom. The van der Waals surface area contributed by atoms with Crippen LogP contribution in [-0.4, -0.2) is 34.4 Å². The highest BCUT2D eigenvalue weighted by molar-refractivity contribution is 7.98. The highest BCUT2D eigenvalue weighted by atomic mass is 35.5. The normalized spacial score (nSPS) is 11.9. The van der Waals surface area contributed by atoms with Crippen molar-refractivity contribution in [3.63, 3.8) is 0 Å². The van der Waals surface area contributed by atoms with Gasteiger partial charge >= 0.3 is 5.69 Å². The van der Waals surface area contributed by atoms with E-state index in [1.165, 1.54) is 12.3 Å². The van der Waals surface area contributed by atoms with Gasteiger partial charge in [0.15, 0.2) is 0 Å². The Kier molecular flexibility index (Phi) is 6.04. The number of aromatic nitrogens is 1. The molecule has 0 bridgehead atoms. The van der Waals surface area contributed by atoms with Crippen LogP contribution in [0, 0.1) is 16.0 Å². The number of hydrogen-bond donors (Lipinski definition) is 1. The Hall–Kier alpha value is -1.34. The van der Waals surface area contributed by atoms with Crippen LogP contribution in [0.1, 0.15) is 17.3 Å². The molecule has 0 aliphatic rings. The molecule has 1 heterocycles. The van der Waals surface area contributed by atoms with Gasteiger partial charge in [0, 0.05) is 12.7 Å². The summed E-state index contributed by atoms with van der Waals surface area (Å²) in [7, 11) is 0. The third-order valence-corrected chi connectivity index (χ3v) is 3.55. The molecular weight excluding hydrogens is 290 g/mol. The first-order chi connectivity index (χ1) is 8.97. The summed E-state index contributed by atoms with van der Waals surface area (Å²) in [5.41, 5.74) is -0.527. The minimum absolute atomic E-state index is 0.0682. The number of halogens is 1. The number of thioether (sulfide) groups is 1. The molecule has 8 heteroatoms. The van der Waals surface area contributed by atoms with Crippen LogP contribution in [0.15, 0.2) is 12.3 Å². The quantitative estimate of drug-likeness (QED) is 0.495. The van der Waals surface area contributed by atoms with Gasteiger partial charge in [-0.3, -0.25) is 14.9 Å². The van der Waals surface area contributed by atoms with E-state index < -0.39 is 16.5 Å². The number of nitrogens with zero attached hydrogens (tertiary/aromatic N) is 2. The molecule has 0 fully saturated rings. The summed E-state index contributed by atoms with van der Waals surface area (Å²) < 4.78 is 0. The van der Waals surface area contributed by atoms with Gasteiger partial charge in [-0.15, -0.1) is 0 Å². The van der Waals surface area contributed by atoms with Crippen molar-refractivity contribution < 1.29 is 9.72 Å². The molecule has 0 aliphatic heterocycles. The second kappa shape index (κ2) is 7.30. The van der Waals surface area contributed by atoms with Crippen LogP contribution in [-0.2, 0) is 0 Å². The van der Waals surface area contributed by atoms with E-state index in [0.29, 0.717) is 6.54 Å². The Morgan fingerprint density at radius 3 is 2.95 bits per heavy atom. The highest BCUT2D eigenvalue weighted by Gasteiger charge is 2.24. The lowest BCUT2D eigenvalue weighted by Crippen LogP contribution is -2.29. The Bertz CT molecular complexity index is 484. The number of pyridine rings is 1. The molecule has 104 valence electrons. The minimum Gasteiger partial charge on any atom is -0.352 e. The summed E-state index contributed by atoms with van der Waals surface area (Å²) in [6, 6.07) is 1.29. The highest BCUT2D eigenvalue weighted by Crippen LogP contribution is 2.25. The van der Waals surface area contributed by atoms with E-state index in [-0.39, 0.29) is 16.6 Å². The summed E-state index contributed by atoms with van der Waals surface area (Å²) in [4.78, 5) is 25.7. The molecule has 1 aromatic rings. The molecule has 19 heavy (non-hydrogen) atoms. The van der Waals surface area contributed by atoms with Crippen LogP contribution in [0.2, 0.25) is 5.15 Å². The Balaban J connectivity index is 2.83. The zero-order chi connectivity index (χ0) is 14.4.